The first-order valence-corrected chi connectivity index (χ1v) is 10.2. The Kier molecular flexibility index (Phi) is 6.81. The number of carbonyl (C=O) groups is 2. The third kappa shape index (κ3) is 4.43. The van der Waals surface area contributed by atoms with Gasteiger partial charge < -0.3 is 9.80 Å². The number of nitrogens with zero attached hydrogens (tertiary/aromatic N) is 2. The monoisotopic (exact) mass is 340 g/mol. The predicted octanol–water partition coefficient (Wildman–Crippen LogP) is 3.51. The van der Waals surface area contributed by atoms with Crippen LogP contribution in [-0.2, 0) is 9.59 Å². The highest BCUT2D eigenvalue weighted by atomic mass is 32.2. The Morgan fingerprint density at radius 1 is 1.09 bits per heavy atom. The Hall–Kier alpha value is -0.710. The van der Waals surface area contributed by atoms with Gasteiger partial charge in [0.1, 0.15) is 0 Å². The van der Waals surface area contributed by atoms with E-state index < -0.39 is 0 Å². The van der Waals surface area contributed by atoms with Crippen molar-refractivity contribution in [2.75, 3.05) is 25.4 Å². The molecule has 2 heterocycles. The molecule has 0 aromatic heterocycles. The lowest BCUT2D eigenvalue weighted by Crippen LogP contribution is -2.54. The van der Waals surface area contributed by atoms with Crippen LogP contribution in [-0.4, -0.2) is 51.9 Å². The van der Waals surface area contributed by atoms with Gasteiger partial charge in [-0.15, -0.1) is 11.8 Å². The zero-order valence-corrected chi connectivity index (χ0v) is 15.8. The largest absolute Gasteiger partial charge is 0.342 e. The molecule has 23 heavy (non-hydrogen) atoms. The van der Waals surface area contributed by atoms with E-state index in [9.17, 15) is 9.59 Å². The van der Waals surface area contributed by atoms with Gasteiger partial charge in [0.2, 0.25) is 11.8 Å². The normalized spacial score (nSPS) is 20.5. The van der Waals surface area contributed by atoms with E-state index >= 15 is 0 Å². The van der Waals surface area contributed by atoms with Crippen molar-refractivity contribution < 1.29 is 9.59 Å². The number of likely N-dealkylation sites (tertiary alicyclic amines) is 1. The fourth-order valence-corrected chi connectivity index (χ4v) is 5.07. The number of carbonyl (C=O) groups excluding carboxylic acids is 2. The Balaban J connectivity index is 1.85. The number of thioether (sulfide) groups is 1. The molecule has 0 saturated carbocycles. The minimum atomic E-state index is -0.0413. The highest BCUT2D eigenvalue weighted by Crippen LogP contribution is 2.44. The Morgan fingerprint density at radius 2 is 1.78 bits per heavy atom. The van der Waals surface area contributed by atoms with Crippen LogP contribution in [0.4, 0.5) is 0 Å². The van der Waals surface area contributed by atoms with Crippen molar-refractivity contribution >= 4 is 23.6 Å². The van der Waals surface area contributed by atoms with Crippen molar-refractivity contribution in [2.24, 2.45) is 5.92 Å². The van der Waals surface area contributed by atoms with Crippen LogP contribution in [0.2, 0.25) is 0 Å². The van der Waals surface area contributed by atoms with E-state index in [1.54, 1.807) is 0 Å². The summed E-state index contributed by atoms with van der Waals surface area (Å²) >= 11 is 1.92. The van der Waals surface area contributed by atoms with Crippen LogP contribution in [0.3, 0.4) is 0 Å². The summed E-state index contributed by atoms with van der Waals surface area (Å²) < 4.78 is 0. The Labute approximate surface area is 145 Å². The molecule has 2 aliphatic heterocycles. The van der Waals surface area contributed by atoms with Gasteiger partial charge in [0.15, 0.2) is 0 Å². The standard InChI is InChI=1S/C18H32N2O2S/c1-4-5-6-7-8-16(21)19-11-9-18(10-12-19)20(13-14-23-18)17(22)15(2)3/h15H,4-14H2,1-3H3. The molecule has 2 amide bonds. The first kappa shape index (κ1) is 18.6. The van der Waals surface area contributed by atoms with Crippen molar-refractivity contribution in [1.29, 1.82) is 0 Å². The van der Waals surface area contributed by atoms with Crippen molar-refractivity contribution in [3.05, 3.63) is 0 Å². The molecule has 0 N–H and O–H groups in total. The lowest BCUT2D eigenvalue weighted by atomic mass is 9.99. The molecule has 0 aromatic carbocycles. The molecule has 2 aliphatic rings. The zero-order valence-electron chi connectivity index (χ0n) is 15.0. The quantitative estimate of drug-likeness (QED) is 0.695. The van der Waals surface area contributed by atoms with Crippen LogP contribution in [0.1, 0.15) is 65.7 Å². The molecule has 0 bridgehead atoms. The lowest BCUT2D eigenvalue weighted by Gasteiger charge is -2.44. The molecule has 5 heteroatoms. The number of piperidine rings is 1. The minimum absolute atomic E-state index is 0.0413. The predicted molar refractivity (Wildman–Crippen MR) is 96.3 cm³/mol. The first-order valence-electron chi connectivity index (χ1n) is 9.23. The molecule has 1 spiro atoms. The van der Waals surface area contributed by atoms with Crippen LogP contribution >= 0.6 is 11.8 Å². The number of unbranched alkanes of at least 4 members (excludes halogenated alkanes) is 3. The Bertz CT molecular complexity index is 417. The van der Waals surface area contributed by atoms with Gasteiger partial charge in [-0.05, 0) is 19.3 Å². The number of rotatable bonds is 6. The van der Waals surface area contributed by atoms with Crippen LogP contribution in [0, 0.1) is 5.92 Å². The fraction of sp³-hybridized carbons (Fsp3) is 0.889. The van der Waals surface area contributed by atoms with Gasteiger partial charge >= 0.3 is 0 Å². The van der Waals surface area contributed by atoms with Gasteiger partial charge in [0, 0.05) is 37.7 Å². The van der Waals surface area contributed by atoms with Gasteiger partial charge in [-0.2, -0.15) is 0 Å². The summed E-state index contributed by atoms with van der Waals surface area (Å²) in [7, 11) is 0. The summed E-state index contributed by atoms with van der Waals surface area (Å²) in [6.45, 7) is 8.63. The molecule has 132 valence electrons. The third-order valence-corrected chi connectivity index (χ3v) is 6.63. The number of hydrogen-bond acceptors (Lipinski definition) is 3. The smallest absolute Gasteiger partial charge is 0.226 e. The van der Waals surface area contributed by atoms with E-state index in [1.165, 1.54) is 12.8 Å². The maximum absolute atomic E-state index is 12.5. The van der Waals surface area contributed by atoms with Crippen LogP contribution in [0.25, 0.3) is 0 Å². The maximum Gasteiger partial charge on any atom is 0.226 e. The van der Waals surface area contributed by atoms with Crippen molar-refractivity contribution in [3.8, 4) is 0 Å². The number of amides is 2. The molecule has 2 saturated heterocycles. The van der Waals surface area contributed by atoms with E-state index in [-0.39, 0.29) is 16.7 Å². The third-order valence-electron chi connectivity index (χ3n) is 5.08. The van der Waals surface area contributed by atoms with Crippen LogP contribution in [0.15, 0.2) is 0 Å². The average Bonchev–Trinajstić information content (AvgIpc) is 2.94. The van der Waals surface area contributed by atoms with Crippen molar-refractivity contribution in [1.82, 2.24) is 9.80 Å². The summed E-state index contributed by atoms with van der Waals surface area (Å²) in [6, 6.07) is 0. The van der Waals surface area contributed by atoms with Gasteiger partial charge in [0.25, 0.3) is 0 Å². The second-order valence-electron chi connectivity index (χ2n) is 7.13. The minimum Gasteiger partial charge on any atom is -0.342 e. The van der Waals surface area contributed by atoms with E-state index in [4.69, 9.17) is 0 Å². The average molecular weight is 341 g/mol. The van der Waals surface area contributed by atoms with Crippen LogP contribution < -0.4 is 0 Å². The SMILES string of the molecule is CCCCCCC(=O)N1CCC2(CC1)SCCN2C(=O)C(C)C. The van der Waals surface area contributed by atoms with Gasteiger partial charge in [-0.1, -0.05) is 40.0 Å². The second-order valence-corrected chi connectivity index (χ2v) is 8.59. The van der Waals surface area contributed by atoms with E-state index in [0.29, 0.717) is 12.3 Å². The van der Waals surface area contributed by atoms with Crippen LogP contribution in [0.5, 0.6) is 0 Å². The summed E-state index contributed by atoms with van der Waals surface area (Å²) in [6.07, 6.45) is 7.15. The highest BCUT2D eigenvalue weighted by molar-refractivity contribution is 8.00. The van der Waals surface area contributed by atoms with Gasteiger partial charge in [0.05, 0.1) is 4.87 Å². The zero-order chi connectivity index (χ0) is 16.9. The fourth-order valence-electron chi connectivity index (χ4n) is 3.61. The maximum atomic E-state index is 12.5. The van der Waals surface area contributed by atoms with E-state index in [2.05, 4.69) is 11.8 Å². The van der Waals surface area contributed by atoms with Gasteiger partial charge in [-0.25, -0.2) is 0 Å². The molecule has 2 fully saturated rings. The molecule has 0 radical (unpaired) electrons. The molecular formula is C18H32N2O2S. The topological polar surface area (TPSA) is 40.6 Å². The highest BCUT2D eigenvalue weighted by Gasteiger charge is 2.47. The molecule has 0 aromatic rings. The Morgan fingerprint density at radius 3 is 2.39 bits per heavy atom. The van der Waals surface area contributed by atoms with Crippen molar-refractivity contribution in [3.63, 3.8) is 0 Å². The summed E-state index contributed by atoms with van der Waals surface area (Å²) in [4.78, 5) is 28.9. The van der Waals surface area contributed by atoms with Crippen molar-refractivity contribution in [2.45, 2.75) is 70.6 Å². The van der Waals surface area contributed by atoms with E-state index in [1.807, 2.05) is 30.5 Å². The summed E-state index contributed by atoms with van der Waals surface area (Å²) in [5.41, 5.74) is 0. The summed E-state index contributed by atoms with van der Waals surface area (Å²) in [5.74, 6) is 1.67. The molecular weight excluding hydrogens is 308 g/mol. The lowest BCUT2D eigenvalue weighted by molar-refractivity contribution is -0.139. The molecule has 0 atom stereocenters. The molecule has 2 rings (SSSR count). The first-order chi connectivity index (χ1) is 11.0. The van der Waals surface area contributed by atoms with Gasteiger partial charge in [-0.3, -0.25) is 9.59 Å². The summed E-state index contributed by atoms with van der Waals surface area (Å²) in [5, 5.41) is 0. The number of hydrogen-bond donors (Lipinski definition) is 0. The molecule has 4 nitrogen and oxygen atoms in total. The van der Waals surface area contributed by atoms with E-state index in [0.717, 1.165) is 51.1 Å². The molecule has 0 aliphatic carbocycles. The second kappa shape index (κ2) is 8.41. The molecule has 0 unspecified atom stereocenters.